The molecule has 0 saturated carbocycles. The van der Waals surface area contributed by atoms with E-state index >= 15 is 0 Å². The number of ether oxygens (including phenoxy) is 2. The van der Waals surface area contributed by atoms with Crippen LogP contribution in [0.15, 0.2) is 0 Å². The Kier molecular flexibility index (Phi) is 6.89. The van der Waals surface area contributed by atoms with Crippen molar-refractivity contribution in [2.45, 2.75) is 0 Å². The van der Waals surface area contributed by atoms with Crippen molar-refractivity contribution in [3.63, 3.8) is 0 Å². The summed E-state index contributed by atoms with van der Waals surface area (Å²) in [4.78, 5) is 21.0. The van der Waals surface area contributed by atoms with Crippen molar-refractivity contribution in [2.24, 2.45) is 0 Å². The highest BCUT2D eigenvalue weighted by Crippen LogP contribution is 2.00. The van der Waals surface area contributed by atoms with Gasteiger partial charge in [0, 0.05) is 14.1 Å². The van der Waals surface area contributed by atoms with Crippen LogP contribution in [0.1, 0.15) is 0 Å². The minimum absolute atomic E-state index is 0.149. The van der Waals surface area contributed by atoms with Crippen molar-refractivity contribution < 1.29 is 19.1 Å². The van der Waals surface area contributed by atoms with Gasteiger partial charge in [-0.05, 0) is 0 Å². The second-order valence-electron chi connectivity index (χ2n) is 1.80. The highest BCUT2D eigenvalue weighted by molar-refractivity contribution is 7.99. The zero-order chi connectivity index (χ0) is 10.1. The van der Waals surface area contributed by atoms with E-state index in [1.165, 1.54) is 25.9 Å². The van der Waals surface area contributed by atoms with E-state index in [0.29, 0.717) is 0 Å². The summed E-state index contributed by atoms with van der Waals surface area (Å²) in [6.45, 7) is 0. The SMILES string of the molecule is CNC(=O)OCSCOC(=O)NC. The number of nitrogens with one attached hydrogen (secondary N) is 2. The molecule has 0 saturated heterocycles. The van der Waals surface area contributed by atoms with Crippen LogP contribution < -0.4 is 10.6 Å². The summed E-state index contributed by atoms with van der Waals surface area (Å²) in [5.41, 5.74) is 0. The molecular formula is C6H12N2O4S. The van der Waals surface area contributed by atoms with Gasteiger partial charge in [0.1, 0.15) is 11.9 Å². The molecule has 0 bridgehead atoms. The molecule has 7 heteroatoms. The third-order valence-corrected chi connectivity index (χ3v) is 1.52. The average molecular weight is 208 g/mol. The van der Waals surface area contributed by atoms with Crippen LogP contribution in [0.5, 0.6) is 0 Å². The van der Waals surface area contributed by atoms with E-state index < -0.39 is 12.2 Å². The van der Waals surface area contributed by atoms with Gasteiger partial charge in [-0.3, -0.25) is 0 Å². The smallest absolute Gasteiger partial charge is 0.407 e. The Morgan fingerprint density at radius 2 is 1.46 bits per heavy atom. The van der Waals surface area contributed by atoms with Gasteiger partial charge in [0.15, 0.2) is 0 Å². The molecule has 0 rings (SSSR count). The lowest BCUT2D eigenvalue weighted by atomic mass is 11.1. The zero-order valence-electron chi connectivity index (χ0n) is 7.46. The number of hydrogen-bond acceptors (Lipinski definition) is 5. The quantitative estimate of drug-likeness (QED) is 0.515. The van der Waals surface area contributed by atoms with E-state index in [-0.39, 0.29) is 11.9 Å². The molecule has 0 spiro atoms. The summed E-state index contributed by atoms with van der Waals surface area (Å²) in [6.07, 6.45) is -1.01. The van der Waals surface area contributed by atoms with Crippen molar-refractivity contribution in [1.29, 1.82) is 0 Å². The molecule has 2 amide bonds. The largest absolute Gasteiger partial charge is 0.438 e. The lowest BCUT2D eigenvalue weighted by Crippen LogP contribution is -2.20. The highest BCUT2D eigenvalue weighted by Gasteiger charge is 1.99. The van der Waals surface area contributed by atoms with Gasteiger partial charge < -0.3 is 20.1 Å². The van der Waals surface area contributed by atoms with E-state index in [4.69, 9.17) is 0 Å². The Labute approximate surface area is 80.3 Å². The Morgan fingerprint density at radius 3 is 1.77 bits per heavy atom. The average Bonchev–Trinajstić information content (AvgIpc) is 2.16. The number of amides is 2. The van der Waals surface area contributed by atoms with E-state index in [9.17, 15) is 9.59 Å². The molecule has 0 aromatic carbocycles. The maximum Gasteiger partial charge on any atom is 0.407 e. The van der Waals surface area contributed by atoms with Crippen LogP contribution in [-0.4, -0.2) is 38.2 Å². The first-order chi connectivity index (χ1) is 6.20. The fraction of sp³-hybridized carbons (Fsp3) is 0.667. The van der Waals surface area contributed by atoms with Crippen molar-refractivity contribution in [3.8, 4) is 0 Å². The standard InChI is InChI=1S/C6H12N2O4S/c1-7-5(9)11-3-13-4-12-6(10)8-2/h3-4H2,1-2H3,(H,7,9)(H,8,10). The molecule has 0 aliphatic carbocycles. The molecule has 0 aromatic rings. The van der Waals surface area contributed by atoms with Crippen LogP contribution in [0.2, 0.25) is 0 Å². The predicted molar refractivity (Wildman–Crippen MR) is 48.4 cm³/mol. The van der Waals surface area contributed by atoms with Crippen LogP contribution >= 0.6 is 11.8 Å². The minimum atomic E-state index is -0.507. The van der Waals surface area contributed by atoms with Crippen molar-refractivity contribution in [2.75, 3.05) is 26.0 Å². The fourth-order valence-electron chi connectivity index (χ4n) is 0.369. The first-order valence-electron chi connectivity index (χ1n) is 3.47. The third-order valence-electron chi connectivity index (χ3n) is 0.955. The summed E-state index contributed by atoms with van der Waals surface area (Å²) in [6, 6.07) is 0. The molecule has 2 N–H and O–H groups in total. The Balaban J connectivity index is 3.17. The number of alkyl carbamates (subject to hydrolysis) is 2. The summed E-state index contributed by atoms with van der Waals surface area (Å²) >= 11 is 1.17. The van der Waals surface area contributed by atoms with E-state index in [1.807, 2.05) is 0 Å². The van der Waals surface area contributed by atoms with E-state index in [1.54, 1.807) is 0 Å². The predicted octanol–water partition coefficient (Wildman–Crippen LogP) is 0.347. The van der Waals surface area contributed by atoms with E-state index in [0.717, 1.165) is 0 Å². The molecular weight excluding hydrogens is 196 g/mol. The molecule has 0 aliphatic rings. The van der Waals surface area contributed by atoms with Gasteiger partial charge in [-0.15, -0.1) is 0 Å². The van der Waals surface area contributed by atoms with Crippen LogP contribution in [0.4, 0.5) is 9.59 Å². The molecule has 0 heterocycles. The van der Waals surface area contributed by atoms with Crippen LogP contribution in [0, 0.1) is 0 Å². The van der Waals surface area contributed by atoms with Gasteiger partial charge in [-0.25, -0.2) is 9.59 Å². The minimum Gasteiger partial charge on any atom is -0.438 e. The molecule has 76 valence electrons. The zero-order valence-corrected chi connectivity index (χ0v) is 8.27. The van der Waals surface area contributed by atoms with Gasteiger partial charge >= 0.3 is 12.2 Å². The summed E-state index contributed by atoms with van der Waals surface area (Å²) in [5.74, 6) is 0.299. The van der Waals surface area contributed by atoms with Crippen molar-refractivity contribution in [1.82, 2.24) is 10.6 Å². The lowest BCUT2D eigenvalue weighted by molar-refractivity contribution is 0.163. The second-order valence-corrected chi connectivity index (χ2v) is 2.68. The summed E-state index contributed by atoms with van der Waals surface area (Å²) in [5, 5.41) is 4.56. The van der Waals surface area contributed by atoms with Crippen molar-refractivity contribution in [3.05, 3.63) is 0 Å². The molecule has 0 fully saturated rings. The van der Waals surface area contributed by atoms with Gasteiger partial charge in [0.05, 0.1) is 0 Å². The Hall–Kier alpha value is -1.11. The van der Waals surface area contributed by atoms with Gasteiger partial charge in [-0.2, -0.15) is 0 Å². The van der Waals surface area contributed by atoms with E-state index in [2.05, 4.69) is 20.1 Å². The fourth-order valence-corrected chi connectivity index (χ4v) is 0.818. The number of thioether (sulfide) groups is 1. The first-order valence-corrected chi connectivity index (χ1v) is 4.63. The molecule has 13 heavy (non-hydrogen) atoms. The monoisotopic (exact) mass is 208 g/mol. The third kappa shape index (κ3) is 7.26. The van der Waals surface area contributed by atoms with Gasteiger partial charge in [0.25, 0.3) is 0 Å². The van der Waals surface area contributed by atoms with Crippen LogP contribution in [0.3, 0.4) is 0 Å². The number of carbonyl (C=O) groups excluding carboxylic acids is 2. The second kappa shape index (κ2) is 7.53. The first kappa shape index (κ1) is 11.9. The Morgan fingerprint density at radius 1 is 1.08 bits per heavy atom. The topological polar surface area (TPSA) is 76.7 Å². The lowest BCUT2D eigenvalue weighted by Gasteiger charge is -2.04. The summed E-state index contributed by atoms with van der Waals surface area (Å²) < 4.78 is 9.22. The maximum absolute atomic E-state index is 10.5. The molecule has 0 aliphatic heterocycles. The number of hydrogen-bond donors (Lipinski definition) is 2. The Bertz CT molecular complexity index is 158. The number of rotatable bonds is 4. The molecule has 0 atom stereocenters. The van der Waals surface area contributed by atoms with Crippen LogP contribution in [0.25, 0.3) is 0 Å². The molecule has 0 radical (unpaired) electrons. The maximum atomic E-state index is 10.5. The van der Waals surface area contributed by atoms with Crippen LogP contribution in [-0.2, 0) is 9.47 Å². The molecule has 6 nitrogen and oxygen atoms in total. The van der Waals surface area contributed by atoms with Gasteiger partial charge in [-0.1, -0.05) is 11.8 Å². The van der Waals surface area contributed by atoms with Gasteiger partial charge in [0.2, 0.25) is 0 Å². The highest BCUT2D eigenvalue weighted by atomic mass is 32.2. The summed E-state index contributed by atoms with van der Waals surface area (Å²) in [7, 11) is 2.93. The molecule has 0 aromatic heterocycles. The normalized spacial score (nSPS) is 8.77. The molecule has 0 unspecified atom stereocenters. The number of carbonyl (C=O) groups is 2. The van der Waals surface area contributed by atoms with Crippen molar-refractivity contribution >= 4 is 23.9 Å².